The molecule has 0 fully saturated rings. The number of hydrogen-bond acceptors (Lipinski definition) is 4. The Morgan fingerprint density at radius 1 is 1.04 bits per heavy atom. The molecule has 0 saturated carbocycles. The molecule has 0 aromatic heterocycles. The van der Waals surface area contributed by atoms with Crippen LogP contribution in [0.5, 0.6) is 0 Å². The van der Waals surface area contributed by atoms with Crippen molar-refractivity contribution in [2.24, 2.45) is 5.10 Å². The van der Waals surface area contributed by atoms with Gasteiger partial charge in [0, 0.05) is 11.8 Å². The first kappa shape index (κ1) is 17.4. The Labute approximate surface area is 152 Å². The van der Waals surface area contributed by atoms with Gasteiger partial charge in [-0.15, -0.1) is 0 Å². The minimum absolute atomic E-state index is 0.247. The Bertz CT molecular complexity index is 914. The first-order chi connectivity index (χ1) is 12.5. The summed E-state index contributed by atoms with van der Waals surface area (Å²) in [5.74, 6) is -0.523. The minimum atomic E-state index is -0.277. The summed E-state index contributed by atoms with van der Waals surface area (Å²) in [7, 11) is 0. The van der Waals surface area contributed by atoms with Crippen molar-refractivity contribution >= 4 is 23.2 Å². The Hall–Kier alpha value is -3.41. The Morgan fingerprint density at radius 2 is 1.77 bits per heavy atom. The number of hydrazine groups is 1. The van der Waals surface area contributed by atoms with Crippen molar-refractivity contribution < 1.29 is 9.59 Å². The molecule has 1 aliphatic rings. The van der Waals surface area contributed by atoms with Crippen LogP contribution in [0.1, 0.15) is 28.4 Å². The maximum atomic E-state index is 12.6. The molecule has 3 rings (SSSR count). The molecule has 2 aromatic carbocycles. The number of benzene rings is 2. The van der Waals surface area contributed by atoms with Gasteiger partial charge < -0.3 is 5.43 Å². The number of rotatable bonds is 4. The van der Waals surface area contributed by atoms with Crippen LogP contribution in [0, 0.1) is 13.8 Å². The average molecular weight is 348 g/mol. The van der Waals surface area contributed by atoms with E-state index < -0.39 is 0 Å². The fraction of sp³-hybridized carbons (Fsp3) is 0.150. The van der Waals surface area contributed by atoms with Crippen LogP contribution in [0.2, 0.25) is 0 Å². The number of hydrazone groups is 1. The van der Waals surface area contributed by atoms with Crippen LogP contribution in [0.25, 0.3) is 0 Å². The molecule has 0 saturated heterocycles. The summed E-state index contributed by atoms with van der Waals surface area (Å²) in [5.41, 5.74) is 9.59. The second-order valence-corrected chi connectivity index (χ2v) is 6.16. The molecule has 132 valence electrons. The molecule has 0 radical (unpaired) electrons. The van der Waals surface area contributed by atoms with Crippen molar-refractivity contribution in [3.8, 4) is 0 Å². The van der Waals surface area contributed by atoms with E-state index in [0.717, 1.165) is 11.1 Å². The quantitative estimate of drug-likeness (QED) is 0.659. The van der Waals surface area contributed by atoms with E-state index in [0.29, 0.717) is 22.5 Å². The molecule has 2 amide bonds. The maximum Gasteiger partial charge on any atom is 0.282 e. The molecule has 0 bridgehead atoms. The normalized spacial score (nSPS) is 15.2. The lowest BCUT2D eigenvalue weighted by Gasteiger charge is -2.12. The van der Waals surface area contributed by atoms with E-state index >= 15 is 0 Å². The van der Waals surface area contributed by atoms with Crippen LogP contribution >= 0.6 is 0 Å². The standard InChI is InChI=1S/C20H20N4O2/c1-13-7-9-17(10-8-13)24-20(26)18(15(3)23-24)12-21-22-19(25)16-6-4-5-14(2)11-16/h4-12,21H,1-3H3,(H,22,25)/b18-12+. The second-order valence-electron chi connectivity index (χ2n) is 6.16. The van der Waals surface area contributed by atoms with Gasteiger partial charge in [0.1, 0.15) is 0 Å². The predicted octanol–water partition coefficient (Wildman–Crippen LogP) is 2.84. The largest absolute Gasteiger partial charge is 0.305 e. The van der Waals surface area contributed by atoms with E-state index in [1.807, 2.05) is 50.2 Å². The van der Waals surface area contributed by atoms with Crippen LogP contribution in [-0.2, 0) is 4.79 Å². The first-order valence-electron chi connectivity index (χ1n) is 8.25. The molecule has 0 unspecified atom stereocenters. The predicted molar refractivity (Wildman–Crippen MR) is 102 cm³/mol. The van der Waals surface area contributed by atoms with Gasteiger partial charge in [-0.05, 0) is 45.0 Å². The Kier molecular flexibility index (Phi) is 4.84. The summed E-state index contributed by atoms with van der Waals surface area (Å²) >= 11 is 0. The summed E-state index contributed by atoms with van der Waals surface area (Å²) in [4.78, 5) is 24.7. The van der Waals surface area contributed by atoms with E-state index in [9.17, 15) is 9.59 Å². The van der Waals surface area contributed by atoms with E-state index in [-0.39, 0.29) is 11.8 Å². The number of carbonyl (C=O) groups excluding carboxylic acids is 2. The molecule has 0 aliphatic carbocycles. The van der Waals surface area contributed by atoms with Gasteiger partial charge in [0.2, 0.25) is 0 Å². The summed E-state index contributed by atoms with van der Waals surface area (Å²) < 4.78 is 0. The van der Waals surface area contributed by atoms with E-state index in [4.69, 9.17) is 0 Å². The van der Waals surface area contributed by atoms with Crippen molar-refractivity contribution in [2.75, 3.05) is 5.01 Å². The zero-order valence-electron chi connectivity index (χ0n) is 14.9. The van der Waals surface area contributed by atoms with Crippen molar-refractivity contribution in [1.82, 2.24) is 10.9 Å². The number of anilines is 1. The second kappa shape index (κ2) is 7.23. The van der Waals surface area contributed by atoms with Crippen molar-refractivity contribution in [1.29, 1.82) is 0 Å². The van der Waals surface area contributed by atoms with Gasteiger partial charge in [0.05, 0.1) is 17.0 Å². The van der Waals surface area contributed by atoms with Gasteiger partial charge >= 0.3 is 0 Å². The van der Waals surface area contributed by atoms with Gasteiger partial charge in [-0.25, -0.2) is 0 Å². The number of nitrogens with zero attached hydrogens (tertiary/aromatic N) is 2. The molecular weight excluding hydrogens is 328 g/mol. The summed E-state index contributed by atoms with van der Waals surface area (Å²) in [6.07, 6.45) is 1.46. The Balaban J connectivity index is 1.68. The lowest BCUT2D eigenvalue weighted by atomic mass is 10.1. The van der Waals surface area contributed by atoms with Gasteiger partial charge in [-0.1, -0.05) is 35.4 Å². The summed E-state index contributed by atoms with van der Waals surface area (Å²) in [6.45, 7) is 5.65. The van der Waals surface area contributed by atoms with Gasteiger partial charge in [-0.3, -0.25) is 15.0 Å². The van der Waals surface area contributed by atoms with E-state index in [1.54, 1.807) is 19.1 Å². The minimum Gasteiger partial charge on any atom is -0.305 e. The topological polar surface area (TPSA) is 73.8 Å². The molecule has 2 aromatic rings. The van der Waals surface area contributed by atoms with E-state index in [1.165, 1.54) is 11.2 Å². The highest BCUT2D eigenvalue weighted by atomic mass is 16.2. The smallest absolute Gasteiger partial charge is 0.282 e. The van der Waals surface area contributed by atoms with Crippen LogP contribution in [0.3, 0.4) is 0 Å². The van der Waals surface area contributed by atoms with Crippen LogP contribution < -0.4 is 15.9 Å². The van der Waals surface area contributed by atoms with Crippen LogP contribution in [-0.4, -0.2) is 17.5 Å². The van der Waals surface area contributed by atoms with E-state index in [2.05, 4.69) is 16.0 Å². The van der Waals surface area contributed by atoms with Gasteiger partial charge in [0.25, 0.3) is 11.8 Å². The zero-order chi connectivity index (χ0) is 18.7. The number of hydrogen-bond donors (Lipinski definition) is 2. The highest BCUT2D eigenvalue weighted by Crippen LogP contribution is 2.23. The highest BCUT2D eigenvalue weighted by molar-refractivity contribution is 6.29. The summed E-state index contributed by atoms with van der Waals surface area (Å²) in [5, 5.41) is 5.65. The number of aryl methyl sites for hydroxylation is 2. The van der Waals surface area contributed by atoms with Gasteiger partial charge in [-0.2, -0.15) is 10.1 Å². The molecule has 6 nitrogen and oxygen atoms in total. The van der Waals surface area contributed by atoms with Crippen molar-refractivity contribution in [2.45, 2.75) is 20.8 Å². The molecule has 0 atom stereocenters. The average Bonchev–Trinajstić information content (AvgIpc) is 2.90. The van der Waals surface area contributed by atoms with Crippen molar-refractivity contribution in [3.63, 3.8) is 0 Å². The van der Waals surface area contributed by atoms with Crippen molar-refractivity contribution in [3.05, 3.63) is 77.0 Å². The Morgan fingerprint density at radius 3 is 2.46 bits per heavy atom. The third-order valence-electron chi connectivity index (χ3n) is 4.02. The SMILES string of the molecule is CC1=NN(c2ccc(C)cc2)C(=O)/C1=C/NNC(=O)c1cccc(C)c1. The van der Waals surface area contributed by atoms with Gasteiger partial charge in [0.15, 0.2) is 0 Å². The molecule has 0 spiro atoms. The molecular formula is C20H20N4O2. The maximum absolute atomic E-state index is 12.6. The molecule has 26 heavy (non-hydrogen) atoms. The first-order valence-corrected chi connectivity index (χ1v) is 8.25. The third kappa shape index (κ3) is 3.64. The highest BCUT2D eigenvalue weighted by Gasteiger charge is 2.28. The molecule has 1 heterocycles. The number of nitrogens with one attached hydrogen (secondary N) is 2. The number of carbonyl (C=O) groups is 2. The lowest BCUT2D eigenvalue weighted by molar-refractivity contribution is -0.114. The third-order valence-corrected chi connectivity index (χ3v) is 4.02. The van der Waals surface area contributed by atoms with Crippen LogP contribution in [0.4, 0.5) is 5.69 Å². The van der Waals surface area contributed by atoms with Crippen LogP contribution in [0.15, 0.2) is 65.4 Å². The lowest BCUT2D eigenvalue weighted by Crippen LogP contribution is -2.34. The molecule has 1 aliphatic heterocycles. The fourth-order valence-electron chi connectivity index (χ4n) is 2.58. The zero-order valence-corrected chi connectivity index (χ0v) is 14.9. The monoisotopic (exact) mass is 348 g/mol. The summed E-state index contributed by atoms with van der Waals surface area (Å²) in [6, 6.07) is 14.8. The molecule has 2 N–H and O–H groups in total. The number of amides is 2. The fourth-order valence-corrected chi connectivity index (χ4v) is 2.58. The molecule has 6 heteroatoms.